The van der Waals surface area contributed by atoms with Gasteiger partial charge >= 0.3 is 0 Å². The predicted molar refractivity (Wildman–Crippen MR) is 112 cm³/mol. The van der Waals surface area contributed by atoms with Crippen molar-refractivity contribution in [2.45, 2.75) is 26.8 Å². The highest BCUT2D eigenvalue weighted by molar-refractivity contribution is 14.0. The van der Waals surface area contributed by atoms with Gasteiger partial charge in [-0.05, 0) is 24.5 Å². The molecule has 0 aliphatic heterocycles. The summed E-state index contributed by atoms with van der Waals surface area (Å²) in [7, 11) is 5.73. The Balaban J connectivity index is 0.00000529. The van der Waals surface area contributed by atoms with Crippen LogP contribution in [0, 0.1) is 5.92 Å². The van der Waals surface area contributed by atoms with E-state index in [2.05, 4.69) is 34.5 Å². The molecule has 0 aromatic carbocycles. The van der Waals surface area contributed by atoms with E-state index < -0.39 is 0 Å². The number of anilines is 1. The molecule has 0 aliphatic carbocycles. The molecule has 0 saturated carbocycles. The van der Waals surface area contributed by atoms with Gasteiger partial charge in [0.2, 0.25) is 0 Å². The number of nitrogens with zero attached hydrogens (tertiary/aromatic N) is 3. The topological polar surface area (TPSA) is 61.8 Å². The van der Waals surface area contributed by atoms with Crippen molar-refractivity contribution in [3.8, 4) is 0 Å². The standard InChI is InChI=1S/C17H31N5O.HI/c1-14(2)9-11-23-12-10-19-17(18-3)20-13-15-7-6-8-16(21-15)22(4)5;/h6-8,14H,9-13H2,1-5H3,(H2,18,19,20);1H. The first-order valence-electron chi connectivity index (χ1n) is 8.18. The molecule has 0 unspecified atom stereocenters. The fraction of sp³-hybridized carbons (Fsp3) is 0.647. The Hall–Kier alpha value is -1.09. The van der Waals surface area contributed by atoms with Gasteiger partial charge in [0.25, 0.3) is 0 Å². The quantitative estimate of drug-likeness (QED) is 0.263. The Morgan fingerprint density at radius 1 is 1.25 bits per heavy atom. The first kappa shape index (κ1) is 22.9. The minimum Gasteiger partial charge on any atom is -0.380 e. The van der Waals surface area contributed by atoms with E-state index in [1.807, 2.05) is 37.2 Å². The van der Waals surface area contributed by atoms with Crippen LogP contribution in [-0.4, -0.2) is 51.8 Å². The van der Waals surface area contributed by atoms with E-state index in [1.54, 1.807) is 7.05 Å². The molecular formula is C17H32IN5O. The first-order valence-corrected chi connectivity index (χ1v) is 8.18. The number of rotatable bonds is 9. The molecule has 0 amide bonds. The van der Waals surface area contributed by atoms with Crippen LogP contribution in [0.5, 0.6) is 0 Å². The smallest absolute Gasteiger partial charge is 0.191 e. The maximum absolute atomic E-state index is 5.58. The van der Waals surface area contributed by atoms with Crippen molar-refractivity contribution in [1.29, 1.82) is 0 Å². The van der Waals surface area contributed by atoms with Crippen LogP contribution in [0.15, 0.2) is 23.2 Å². The number of aromatic nitrogens is 1. The van der Waals surface area contributed by atoms with Crippen molar-refractivity contribution in [2.24, 2.45) is 10.9 Å². The second-order valence-corrected chi connectivity index (χ2v) is 6.03. The van der Waals surface area contributed by atoms with Gasteiger partial charge in [-0.15, -0.1) is 24.0 Å². The molecule has 24 heavy (non-hydrogen) atoms. The number of halogens is 1. The van der Waals surface area contributed by atoms with Gasteiger partial charge in [0, 0.05) is 34.3 Å². The van der Waals surface area contributed by atoms with Crippen LogP contribution in [0.1, 0.15) is 26.0 Å². The molecule has 1 heterocycles. The van der Waals surface area contributed by atoms with E-state index in [-0.39, 0.29) is 24.0 Å². The van der Waals surface area contributed by atoms with Gasteiger partial charge < -0.3 is 20.3 Å². The second-order valence-electron chi connectivity index (χ2n) is 6.03. The summed E-state index contributed by atoms with van der Waals surface area (Å²) in [6.45, 7) is 7.27. The molecule has 0 fully saturated rings. The highest BCUT2D eigenvalue weighted by Crippen LogP contribution is 2.07. The van der Waals surface area contributed by atoms with Crippen LogP contribution < -0.4 is 15.5 Å². The van der Waals surface area contributed by atoms with Crippen LogP contribution in [0.2, 0.25) is 0 Å². The maximum Gasteiger partial charge on any atom is 0.191 e. The molecule has 1 aromatic heterocycles. The lowest BCUT2D eigenvalue weighted by atomic mass is 10.1. The molecule has 2 N–H and O–H groups in total. The van der Waals surface area contributed by atoms with Gasteiger partial charge in [-0.2, -0.15) is 0 Å². The molecule has 0 saturated heterocycles. The van der Waals surface area contributed by atoms with Crippen LogP contribution >= 0.6 is 24.0 Å². The van der Waals surface area contributed by atoms with Crippen molar-refractivity contribution in [3.05, 3.63) is 23.9 Å². The third kappa shape index (κ3) is 9.92. The van der Waals surface area contributed by atoms with Crippen LogP contribution in [0.4, 0.5) is 5.82 Å². The van der Waals surface area contributed by atoms with Gasteiger partial charge in [-0.3, -0.25) is 4.99 Å². The Morgan fingerprint density at radius 2 is 2.00 bits per heavy atom. The maximum atomic E-state index is 5.58. The summed E-state index contributed by atoms with van der Waals surface area (Å²) in [5.74, 6) is 2.39. The number of guanidine groups is 1. The van der Waals surface area contributed by atoms with E-state index in [0.717, 1.165) is 37.0 Å². The molecular weight excluding hydrogens is 417 g/mol. The summed E-state index contributed by atoms with van der Waals surface area (Å²) in [5, 5.41) is 6.50. The number of aliphatic imine (C=N–C) groups is 1. The van der Waals surface area contributed by atoms with E-state index in [1.165, 1.54) is 0 Å². The number of hydrogen-bond donors (Lipinski definition) is 2. The zero-order valence-electron chi connectivity index (χ0n) is 15.5. The van der Waals surface area contributed by atoms with Crippen molar-refractivity contribution >= 4 is 35.8 Å². The molecule has 7 heteroatoms. The third-order valence-corrected chi connectivity index (χ3v) is 3.29. The number of pyridine rings is 1. The second kappa shape index (κ2) is 13.2. The summed E-state index contributed by atoms with van der Waals surface area (Å²) in [5.41, 5.74) is 0.979. The van der Waals surface area contributed by atoms with Crippen LogP contribution in [-0.2, 0) is 11.3 Å². The Morgan fingerprint density at radius 3 is 2.62 bits per heavy atom. The normalized spacial score (nSPS) is 11.2. The molecule has 0 bridgehead atoms. The zero-order valence-corrected chi connectivity index (χ0v) is 17.8. The minimum atomic E-state index is 0. The van der Waals surface area contributed by atoms with Gasteiger partial charge in [-0.25, -0.2) is 4.98 Å². The highest BCUT2D eigenvalue weighted by atomic mass is 127. The van der Waals surface area contributed by atoms with Crippen LogP contribution in [0.25, 0.3) is 0 Å². The van der Waals surface area contributed by atoms with Gasteiger partial charge in [0.15, 0.2) is 5.96 Å². The molecule has 138 valence electrons. The lowest BCUT2D eigenvalue weighted by molar-refractivity contribution is 0.128. The van der Waals surface area contributed by atoms with E-state index in [4.69, 9.17) is 4.74 Å². The van der Waals surface area contributed by atoms with Gasteiger partial charge in [0.05, 0.1) is 18.8 Å². The molecule has 0 spiro atoms. The molecule has 6 nitrogen and oxygen atoms in total. The lowest BCUT2D eigenvalue weighted by Crippen LogP contribution is -2.38. The molecule has 0 radical (unpaired) electrons. The zero-order chi connectivity index (χ0) is 17.1. The summed E-state index contributed by atoms with van der Waals surface area (Å²) in [4.78, 5) is 10.8. The Bertz CT molecular complexity index is 480. The van der Waals surface area contributed by atoms with Gasteiger partial charge in [-0.1, -0.05) is 19.9 Å². The summed E-state index contributed by atoms with van der Waals surface area (Å²) >= 11 is 0. The van der Waals surface area contributed by atoms with Crippen LogP contribution in [0.3, 0.4) is 0 Å². The molecule has 1 aromatic rings. The van der Waals surface area contributed by atoms with E-state index in [0.29, 0.717) is 19.1 Å². The van der Waals surface area contributed by atoms with Crippen molar-refractivity contribution in [2.75, 3.05) is 45.8 Å². The lowest BCUT2D eigenvalue weighted by Gasteiger charge is -2.14. The molecule has 0 atom stereocenters. The summed E-state index contributed by atoms with van der Waals surface area (Å²) in [6, 6.07) is 6.01. The van der Waals surface area contributed by atoms with Crippen molar-refractivity contribution in [1.82, 2.24) is 15.6 Å². The average molecular weight is 449 g/mol. The van der Waals surface area contributed by atoms with Crippen molar-refractivity contribution < 1.29 is 4.74 Å². The van der Waals surface area contributed by atoms with Crippen molar-refractivity contribution in [3.63, 3.8) is 0 Å². The first-order chi connectivity index (χ1) is 11.0. The Kier molecular flexibility index (Phi) is 12.6. The minimum absolute atomic E-state index is 0. The SMILES string of the molecule is CN=C(NCCOCCC(C)C)NCc1cccc(N(C)C)n1.I. The van der Waals surface area contributed by atoms with E-state index in [9.17, 15) is 0 Å². The fourth-order valence-electron chi connectivity index (χ4n) is 1.87. The third-order valence-electron chi connectivity index (χ3n) is 3.29. The predicted octanol–water partition coefficient (Wildman–Crippen LogP) is 2.49. The number of ether oxygens (including phenoxy) is 1. The molecule has 1 rings (SSSR count). The summed E-state index contributed by atoms with van der Waals surface area (Å²) in [6.07, 6.45) is 1.10. The van der Waals surface area contributed by atoms with Gasteiger partial charge in [0.1, 0.15) is 5.82 Å². The molecule has 0 aliphatic rings. The fourth-order valence-corrected chi connectivity index (χ4v) is 1.87. The summed E-state index contributed by atoms with van der Waals surface area (Å²) < 4.78 is 5.58. The monoisotopic (exact) mass is 449 g/mol. The van der Waals surface area contributed by atoms with E-state index >= 15 is 0 Å². The largest absolute Gasteiger partial charge is 0.380 e. The number of hydrogen-bond acceptors (Lipinski definition) is 4. The highest BCUT2D eigenvalue weighted by Gasteiger charge is 2.02. The average Bonchev–Trinajstić information content (AvgIpc) is 2.53. The number of nitrogens with one attached hydrogen (secondary N) is 2. The Labute approximate surface area is 163 Å².